The van der Waals surface area contributed by atoms with Gasteiger partial charge in [-0.2, -0.15) is 0 Å². The van der Waals surface area contributed by atoms with E-state index in [4.69, 9.17) is 23.2 Å². The maximum atomic E-state index is 12.5. The van der Waals surface area contributed by atoms with Gasteiger partial charge in [0.15, 0.2) is 0 Å². The number of benzene rings is 2. The molecule has 0 spiro atoms. The minimum atomic E-state index is -0.662. The first kappa shape index (κ1) is 15.9. The molecule has 0 fully saturated rings. The van der Waals surface area contributed by atoms with Gasteiger partial charge in [-0.25, -0.2) is 0 Å². The number of carbonyl (C=O) groups is 1. The number of rotatable bonds is 5. The molecule has 2 aromatic rings. The fourth-order valence-corrected chi connectivity index (χ4v) is 2.62. The molecule has 0 saturated heterocycles. The van der Waals surface area contributed by atoms with Crippen molar-refractivity contribution in [2.24, 2.45) is 0 Å². The van der Waals surface area contributed by atoms with Gasteiger partial charge < -0.3 is 4.90 Å². The van der Waals surface area contributed by atoms with Gasteiger partial charge in [0.1, 0.15) is 5.38 Å². The Morgan fingerprint density at radius 3 is 2.48 bits per heavy atom. The van der Waals surface area contributed by atoms with Crippen molar-refractivity contribution < 1.29 is 4.79 Å². The van der Waals surface area contributed by atoms with E-state index in [1.807, 2.05) is 61.5 Å². The highest BCUT2D eigenvalue weighted by Crippen LogP contribution is 2.24. The summed E-state index contributed by atoms with van der Waals surface area (Å²) in [5.41, 5.74) is 1.81. The molecule has 110 valence electrons. The minimum Gasteiger partial charge on any atom is -0.337 e. The Hall–Kier alpha value is -1.51. The van der Waals surface area contributed by atoms with Crippen molar-refractivity contribution in [2.75, 3.05) is 6.54 Å². The van der Waals surface area contributed by atoms with Crippen LogP contribution in [0.2, 0.25) is 5.02 Å². The number of carbonyl (C=O) groups excluding carboxylic acids is 1. The number of amides is 1. The van der Waals surface area contributed by atoms with E-state index in [-0.39, 0.29) is 5.91 Å². The maximum Gasteiger partial charge on any atom is 0.245 e. The molecule has 0 saturated carbocycles. The molecule has 0 aliphatic heterocycles. The summed E-state index contributed by atoms with van der Waals surface area (Å²) in [5, 5.41) is 0.00631. The molecule has 1 amide bonds. The van der Waals surface area contributed by atoms with Crippen LogP contribution in [0.15, 0.2) is 54.6 Å². The van der Waals surface area contributed by atoms with Crippen molar-refractivity contribution in [3.8, 4) is 0 Å². The zero-order valence-electron chi connectivity index (χ0n) is 11.8. The van der Waals surface area contributed by atoms with Gasteiger partial charge in [-0.15, -0.1) is 11.6 Å². The van der Waals surface area contributed by atoms with Crippen molar-refractivity contribution in [3.05, 3.63) is 70.7 Å². The van der Waals surface area contributed by atoms with E-state index in [2.05, 4.69) is 0 Å². The minimum absolute atomic E-state index is 0.0923. The van der Waals surface area contributed by atoms with Crippen LogP contribution in [0, 0.1) is 0 Å². The van der Waals surface area contributed by atoms with Crippen LogP contribution in [0.4, 0.5) is 0 Å². The molecule has 0 N–H and O–H groups in total. The summed E-state index contributed by atoms with van der Waals surface area (Å²) in [5.74, 6) is -0.0923. The third kappa shape index (κ3) is 4.23. The highest BCUT2D eigenvalue weighted by atomic mass is 35.5. The van der Waals surface area contributed by atoms with Crippen LogP contribution >= 0.6 is 23.2 Å². The SMILES string of the molecule is CCN(Cc1cccc(Cl)c1)C(=O)C(Cl)c1ccccc1. The van der Waals surface area contributed by atoms with E-state index in [0.717, 1.165) is 11.1 Å². The average Bonchev–Trinajstić information content (AvgIpc) is 2.52. The Morgan fingerprint density at radius 1 is 1.14 bits per heavy atom. The van der Waals surface area contributed by atoms with Gasteiger partial charge in [0.25, 0.3) is 0 Å². The molecule has 0 aliphatic carbocycles. The number of likely N-dealkylation sites (N-methyl/N-ethyl adjacent to an activating group) is 1. The third-order valence-corrected chi connectivity index (χ3v) is 3.94. The van der Waals surface area contributed by atoms with Crippen molar-refractivity contribution in [1.82, 2.24) is 4.90 Å². The van der Waals surface area contributed by atoms with Gasteiger partial charge in [0.05, 0.1) is 0 Å². The largest absolute Gasteiger partial charge is 0.337 e. The molecule has 0 bridgehead atoms. The zero-order chi connectivity index (χ0) is 15.2. The van der Waals surface area contributed by atoms with E-state index in [0.29, 0.717) is 18.1 Å². The lowest BCUT2D eigenvalue weighted by Gasteiger charge is -2.24. The van der Waals surface area contributed by atoms with E-state index in [1.54, 1.807) is 4.90 Å². The fourth-order valence-electron chi connectivity index (χ4n) is 2.13. The third-order valence-electron chi connectivity index (χ3n) is 3.26. The molecular formula is C17H17Cl2NO. The molecule has 0 aliphatic rings. The molecule has 1 atom stereocenters. The number of hydrogen-bond donors (Lipinski definition) is 0. The molecule has 4 heteroatoms. The molecule has 0 radical (unpaired) electrons. The molecule has 0 aromatic heterocycles. The lowest BCUT2D eigenvalue weighted by atomic mass is 10.1. The number of halogens is 2. The standard InChI is InChI=1S/C17H17Cl2NO/c1-2-20(12-13-7-6-10-15(18)11-13)17(21)16(19)14-8-4-3-5-9-14/h3-11,16H,2,12H2,1H3. The maximum absolute atomic E-state index is 12.5. The van der Waals surface area contributed by atoms with Crippen LogP contribution in [-0.2, 0) is 11.3 Å². The Morgan fingerprint density at radius 2 is 1.86 bits per heavy atom. The summed E-state index contributed by atoms with van der Waals surface area (Å²) in [6, 6.07) is 16.9. The van der Waals surface area contributed by atoms with E-state index < -0.39 is 5.38 Å². The summed E-state index contributed by atoms with van der Waals surface area (Å²) in [4.78, 5) is 14.3. The Bertz CT molecular complexity index is 601. The first-order valence-electron chi connectivity index (χ1n) is 6.84. The van der Waals surface area contributed by atoms with Crippen LogP contribution in [0.5, 0.6) is 0 Å². The van der Waals surface area contributed by atoms with E-state index >= 15 is 0 Å². The second kappa shape index (κ2) is 7.48. The predicted molar refractivity (Wildman–Crippen MR) is 87.6 cm³/mol. The quantitative estimate of drug-likeness (QED) is 0.733. The molecule has 0 heterocycles. The van der Waals surface area contributed by atoms with Gasteiger partial charge in [0.2, 0.25) is 5.91 Å². The normalized spacial score (nSPS) is 12.0. The Labute approximate surface area is 135 Å². The summed E-state index contributed by atoms with van der Waals surface area (Å²) < 4.78 is 0. The molecule has 1 unspecified atom stereocenters. The van der Waals surface area contributed by atoms with Gasteiger partial charge >= 0.3 is 0 Å². The topological polar surface area (TPSA) is 20.3 Å². The predicted octanol–water partition coefficient (Wildman–Crippen LogP) is 4.67. The molecular weight excluding hydrogens is 305 g/mol. The van der Waals surface area contributed by atoms with Gasteiger partial charge in [-0.3, -0.25) is 4.79 Å². The van der Waals surface area contributed by atoms with Gasteiger partial charge in [0, 0.05) is 18.1 Å². The second-order valence-corrected chi connectivity index (χ2v) is 5.63. The molecule has 2 nitrogen and oxygen atoms in total. The Balaban J connectivity index is 2.12. The van der Waals surface area contributed by atoms with Crippen molar-refractivity contribution in [1.29, 1.82) is 0 Å². The van der Waals surface area contributed by atoms with Crippen LogP contribution in [0.3, 0.4) is 0 Å². The number of hydrogen-bond acceptors (Lipinski definition) is 1. The highest BCUT2D eigenvalue weighted by molar-refractivity contribution is 6.31. The van der Waals surface area contributed by atoms with Crippen LogP contribution < -0.4 is 0 Å². The smallest absolute Gasteiger partial charge is 0.245 e. The summed E-state index contributed by atoms with van der Waals surface area (Å²) in [7, 11) is 0. The van der Waals surface area contributed by atoms with Crippen molar-refractivity contribution in [2.45, 2.75) is 18.8 Å². The lowest BCUT2D eigenvalue weighted by Crippen LogP contribution is -2.32. The zero-order valence-corrected chi connectivity index (χ0v) is 13.3. The van der Waals surface area contributed by atoms with Gasteiger partial charge in [-0.05, 0) is 30.2 Å². The average molecular weight is 322 g/mol. The highest BCUT2D eigenvalue weighted by Gasteiger charge is 2.22. The monoisotopic (exact) mass is 321 g/mol. The van der Waals surface area contributed by atoms with Crippen LogP contribution in [0.1, 0.15) is 23.4 Å². The fraction of sp³-hybridized carbons (Fsp3) is 0.235. The van der Waals surface area contributed by atoms with E-state index in [9.17, 15) is 4.79 Å². The molecule has 2 aromatic carbocycles. The lowest BCUT2D eigenvalue weighted by molar-refractivity contribution is -0.131. The van der Waals surface area contributed by atoms with Crippen LogP contribution in [-0.4, -0.2) is 17.4 Å². The van der Waals surface area contributed by atoms with E-state index in [1.165, 1.54) is 0 Å². The first-order chi connectivity index (χ1) is 10.1. The second-order valence-electron chi connectivity index (χ2n) is 4.76. The van der Waals surface area contributed by atoms with Crippen LogP contribution in [0.25, 0.3) is 0 Å². The number of nitrogens with zero attached hydrogens (tertiary/aromatic N) is 1. The van der Waals surface area contributed by atoms with Gasteiger partial charge in [-0.1, -0.05) is 54.1 Å². The Kier molecular flexibility index (Phi) is 5.66. The molecule has 2 rings (SSSR count). The van der Waals surface area contributed by atoms with Crippen molar-refractivity contribution >= 4 is 29.1 Å². The summed E-state index contributed by atoms with van der Waals surface area (Å²) >= 11 is 12.3. The number of alkyl halides is 1. The summed E-state index contributed by atoms with van der Waals surface area (Å²) in [6.45, 7) is 3.05. The first-order valence-corrected chi connectivity index (χ1v) is 7.65. The molecule has 21 heavy (non-hydrogen) atoms. The van der Waals surface area contributed by atoms with Crippen molar-refractivity contribution in [3.63, 3.8) is 0 Å². The summed E-state index contributed by atoms with van der Waals surface area (Å²) in [6.07, 6.45) is 0.